The highest BCUT2D eigenvalue weighted by molar-refractivity contribution is 5.85. The van der Waals surface area contributed by atoms with Gasteiger partial charge in [0.2, 0.25) is 11.8 Å². The molecule has 0 spiro atoms. The first-order valence-corrected chi connectivity index (χ1v) is 8.72. The molecule has 0 aliphatic carbocycles. The number of hydrogen-bond acceptors (Lipinski definition) is 4. The average Bonchev–Trinajstić information content (AvgIpc) is 3.26. The predicted octanol–water partition coefficient (Wildman–Crippen LogP) is 2.03. The van der Waals surface area contributed by atoms with E-state index in [0.29, 0.717) is 25.4 Å². The summed E-state index contributed by atoms with van der Waals surface area (Å²) in [7, 11) is 3.42. The second-order valence-corrected chi connectivity index (χ2v) is 6.19. The zero-order chi connectivity index (χ0) is 18.9. The number of rotatable bonds is 10. The largest absolute Gasteiger partial charge is 0.467 e. The molecule has 0 radical (unpaired) electrons. The summed E-state index contributed by atoms with van der Waals surface area (Å²) in [4.78, 5) is 28.4. The second-order valence-electron chi connectivity index (χ2n) is 6.19. The Kier molecular flexibility index (Phi) is 7.47. The smallest absolute Gasteiger partial charge is 0.249 e. The third-order valence-electron chi connectivity index (χ3n) is 4.12. The summed E-state index contributed by atoms with van der Waals surface area (Å²) in [6.07, 6.45) is 4.31. The summed E-state index contributed by atoms with van der Waals surface area (Å²) in [6.45, 7) is 3.30. The van der Waals surface area contributed by atoms with Crippen LogP contribution in [0.4, 0.5) is 0 Å². The number of nitrogens with zero attached hydrogens (tertiary/aromatic N) is 3. The van der Waals surface area contributed by atoms with Gasteiger partial charge in [-0.25, -0.2) is 0 Å². The molecule has 0 saturated carbocycles. The van der Waals surface area contributed by atoms with Crippen molar-refractivity contribution in [3.63, 3.8) is 0 Å². The quantitative estimate of drug-likeness (QED) is 0.649. The second kappa shape index (κ2) is 9.82. The highest BCUT2D eigenvalue weighted by Gasteiger charge is 2.22. The van der Waals surface area contributed by atoms with E-state index < -0.39 is 0 Å². The molecule has 7 nitrogen and oxygen atoms in total. The molecule has 0 aromatic carbocycles. The minimum absolute atomic E-state index is 0.0245. The molecule has 0 aliphatic heterocycles. The maximum atomic E-state index is 12.9. The maximum absolute atomic E-state index is 12.9. The number of methoxy groups -OCH3 is 1. The summed E-state index contributed by atoms with van der Waals surface area (Å²) in [5, 5.41) is 0. The van der Waals surface area contributed by atoms with E-state index >= 15 is 0 Å². The molecule has 0 unspecified atom stereocenters. The molecule has 0 saturated heterocycles. The Morgan fingerprint density at radius 1 is 1.15 bits per heavy atom. The van der Waals surface area contributed by atoms with Gasteiger partial charge in [0, 0.05) is 32.6 Å². The normalized spacial score (nSPS) is 10.7. The third-order valence-corrected chi connectivity index (χ3v) is 4.12. The summed E-state index contributed by atoms with van der Waals surface area (Å²) in [5.74, 6) is 0.401. The van der Waals surface area contributed by atoms with Crippen LogP contribution in [0.5, 0.6) is 0 Å². The number of furan rings is 1. The van der Waals surface area contributed by atoms with E-state index in [9.17, 15) is 9.59 Å². The van der Waals surface area contributed by atoms with Gasteiger partial charge in [-0.1, -0.05) is 6.92 Å². The van der Waals surface area contributed by atoms with Crippen molar-refractivity contribution < 1.29 is 18.7 Å². The SMILES string of the molecule is CCCN(CC(=O)N(Cc1ccco1)Cc1cccn1C)C(=O)COC. The van der Waals surface area contributed by atoms with Gasteiger partial charge < -0.3 is 23.5 Å². The fourth-order valence-electron chi connectivity index (χ4n) is 2.72. The van der Waals surface area contributed by atoms with Crippen LogP contribution in [0.1, 0.15) is 24.8 Å². The molecule has 26 heavy (non-hydrogen) atoms. The molecular weight excluding hydrogens is 334 g/mol. The Morgan fingerprint density at radius 2 is 1.96 bits per heavy atom. The monoisotopic (exact) mass is 361 g/mol. The van der Waals surface area contributed by atoms with Crippen molar-refractivity contribution in [2.24, 2.45) is 7.05 Å². The highest BCUT2D eigenvalue weighted by atomic mass is 16.5. The lowest BCUT2D eigenvalue weighted by molar-refractivity contribution is -0.143. The van der Waals surface area contributed by atoms with Crippen molar-refractivity contribution in [1.29, 1.82) is 0 Å². The van der Waals surface area contributed by atoms with Gasteiger partial charge in [-0.05, 0) is 30.7 Å². The first-order chi connectivity index (χ1) is 12.5. The van der Waals surface area contributed by atoms with Crippen LogP contribution in [-0.2, 0) is 34.5 Å². The molecular formula is C19H27N3O4. The molecule has 0 N–H and O–H groups in total. The van der Waals surface area contributed by atoms with E-state index in [0.717, 1.165) is 12.1 Å². The van der Waals surface area contributed by atoms with Crippen LogP contribution in [0.2, 0.25) is 0 Å². The highest BCUT2D eigenvalue weighted by Crippen LogP contribution is 2.12. The van der Waals surface area contributed by atoms with E-state index in [-0.39, 0.29) is 25.0 Å². The molecule has 2 heterocycles. The predicted molar refractivity (Wildman–Crippen MR) is 97.1 cm³/mol. The molecule has 2 amide bonds. The zero-order valence-corrected chi connectivity index (χ0v) is 15.7. The Balaban J connectivity index is 2.12. The Morgan fingerprint density at radius 3 is 2.54 bits per heavy atom. The van der Waals surface area contributed by atoms with Crippen LogP contribution < -0.4 is 0 Å². The minimum atomic E-state index is -0.181. The fourth-order valence-corrected chi connectivity index (χ4v) is 2.72. The van der Waals surface area contributed by atoms with E-state index in [1.54, 1.807) is 22.1 Å². The molecule has 0 fully saturated rings. The standard InChI is InChI=1S/C19H27N3O4/c1-4-9-21(19(24)15-25-3)14-18(23)22(13-17-8-6-11-26-17)12-16-7-5-10-20(16)2/h5-8,10-11H,4,9,12-15H2,1-3H3. The Labute approximate surface area is 154 Å². The van der Waals surface area contributed by atoms with Crippen molar-refractivity contribution in [2.45, 2.75) is 26.4 Å². The van der Waals surface area contributed by atoms with Gasteiger partial charge in [-0.2, -0.15) is 0 Å². The van der Waals surface area contributed by atoms with Crippen LogP contribution in [-0.4, -0.2) is 53.0 Å². The van der Waals surface area contributed by atoms with Gasteiger partial charge in [0.25, 0.3) is 0 Å². The van der Waals surface area contributed by atoms with Crippen molar-refractivity contribution >= 4 is 11.8 Å². The average molecular weight is 361 g/mol. The van der Waals surface area contributed by atoms with Crippen LogP contribution in [0.15, 0.2) is 41.1 Å². The van der Waals surface area contributed by atoms with E-state index in [4.69, 9.17) is 9.15 Å². The number of carbonyl (C=O) groups is 2. The van der Waals surface area contributed by atoms with Gasteiger partial charge in [-0.3, -0.25) is 9.59 Å². The van der Waals surface area contributed by atoms with Crippen molar-refractivity contribution in [3.05, 3.63) is 48.2 Å². The molecule has 0 aliphatic rings. The molecule has 0 bridgehead atoms. The van der Waals surface area contributed by atoms with Crippen molar-refractivity contribution in [1.82, 2.24) is 14.4 Å². The van der Waals surface area contributed by atoms with E-state index in [1.807, 2.05) is 42.9 Å². The lowest BCUT2D eigenvalue weighted by atomic mass is 10.3. The van der Waals surface area contributed by atoms with E-state index in [1.165, 1.54) is 7.11 Å². The maximum Gasteiger partial charge on any atom is 0.249 e. The Bertz CT molecular complexity index is 693. The molecule has 2 aromatic rings. The summed E-state index contributed by atoms with van der Waals surface area (Å²) < 4.78 is 12.3. The minimum Gasteiger partial charge on any atom is -0.467 e. The summed E-state index contributed by atoms with van der Waals surface area (Å²) >= 11 is 0. The van der Waals surface area contributed by atoms with Crippen LogP contribution >= 0.6 is 0 Å². The number of carbonyl (C=O) groups excluding carboxylic acids is 2. The first-order valence-electron chi connectivity index (χ1n) is 8.72. The summed E-state index contributed by atoms with van der Waals surface area (Å²) in [5.41, 5.74) is 1.01. The molecule has 7 heteroatoms. The van der Waals surface area contributed by atoms with Gasteiger partial charge >= 0.3 is 0 Å². The third kappa shape index (κ3) is 5.49. The van der Waals surface area contributed by atoms with Crippen LogP contribution in [0.25, 0.3) is 0 Å². The van der Waals surface area contributed by atoms with Gasteiger partial charge in [0.15, 0.2) is 0 Å². The number of aryl methyl sites for hydroxylation is 1. The van der Waals surface area contributed by atoms with Gasteiger partial charge in [0.1, 0.15) is 12.4 Å². The summed E-state index contributed by atoms with van der Waals surface area (Å²) in [6, 6.07) is 7.55. The Hall–Kier alpha value is -2.54. The fraction of sp³-hybridized carbons (Fsp3) is 0.474. The lowest BCUT2D eigenvalue weighted by Gasteiger charge is -2.27. The number of aromatic nitrogens is 1. The molecule has 142 valence electrons. The van der Waals surface area contributed by atoms with Crippen molar-refractivity contribution in [3.8, 4) is 0 Å². The number of hydrogen-bond donors (Lipinski definition) is 0. The zero-order valence-electron chi connectivity index (χ0n) is 15.7. The first kappa shape index (κ1) is 19.8. The molecule has 2 rings (SSSR count). The lowest BCUT2D eigenvalue weighted by Crippen LogP contribution is -2.44. The number of amides is 2. The van der Waals surface area contributed by atoms with Crippen LogP contribution in [0, 0.1) is 0 Å². The van der Waals surface area contributed by atoms with Gasteiger partial charge in [-0.15, -0.1) is 0 Å². The van der Waals surface area contributed by atoms with E-state index in [2.05, 4.69) is 0 Å². The van der Waals surface area contributed by atoms with Crippen LogP contribution in [0.3, 0.4) is 0 Å². The van der Waals surface area contributed by atoms with Crippen molar-refractivity contribution in [2.75, 3.05) is 26.8 Å². The molecule has 2 aromatic heterocycles. The van der Waals surface area contributed by atoms with Gasteiger partial charge in [0.05, 0.1) is 25.9 Å². The number of ether oxygens (including phenoxy) is 1. The molecule has 0 atom stereocenters. The topological polar surface area (TPSA) is 67.9 Å².